The van der Waals surface area contributed by atoms with E-state index in [1.807, 2.05) is 66.3 Å². The summed E-state index contributed by atoms with van der Waals surface area (Å²) in [7, 11) is 0. The standard InChI is InChI=1S/C23H23N5O2/c1-16-12-25-22(26-16)9-10-24-13-18-14-28(19-5-3-2-4-6-19)27-23(18)17-7-8-20-21(11-17)30-15-29-20/h2-8,11-12,14,24H,9-10,13,15H2,1H3,(H,25,26). The summed E-state index contributed by atoms with van der Waals surface area (Å²) >= 11 is 0. The number of aromatic amines is 1. The Bertz CT molecular complexity index is 1150. The number of hydrogen-bond acceptors (Lipinski definition) is 5. The third-order valence-electron chi connectivity index (χ3n) is 5.07. The van der Waals surface area contributed by atoms with Gasteiger partial charge in [-0.05, 0) is 37.3 Å². The zero-order valence-corrected chi connectivity index (χ0v) is 16.8. The van der Waals surface area contributed by atoms with Crippen molar-refractivity contribution < 1.29 is 9.47 Å². The minimum absolute atomic E-state index is 0.262. The summed E-state index contributed by atoms with van der Waals surface area (Å²) < 4.78 is 12.9. The Morgan fingerprint density at radius 3 is 2.80 bits per heavy atom. The highest BCUT2D eigenvalue weighted by Gasteiger charge is 2.18. The fourth-order valence-corrected chi connectivity index (χ4v) is 3.56. The van der Waals surface area contributed by atoms with Gasteiger partial charge in [0.25, 0.3) is 0 Å². The Morgan fingerprint density at radius 1 is 1.10 bits per heavy atom. The number of H-pyrrole nitrogens is 1. The molecule has 0 unspecified atom stereocenters. The van der Waals surface area contributed by atoms with Crippen LogP contribution < -0.4 is 14.8 Å². The number of nitrogens with zero attached hydrogens (tertiary/aromatic N) is 3. The number of benzene rings is 2. The van der Waals surface area contributed by atoms with Gasteiger partial charge in [-0.25, -0.2) is 9.67 Å². The minimum atomic E-state index is 0.262. The van der Waals surface area contributed by atoms with E-state index in [2.05, 4.69) is 21.5 Å². The molecule has 0 saturated heterocycles. The Kier molecular flexibility index (Phi) is 4.94. The van der Waals surface area contributed by atoms with E-state index in [1.165, 1.54) is 0 Å². The maximum absolute atomic E-state index is 5.56. The average Bonchev–Trinajstić information content (AvgIpc) is 3.51. The van der Waals surface area contributed by atoms with Crippen LogP contribution in [-0.4, -0.2) is 33.1 Å². The zero-order chi connectivity index (χ0) is 20.3. The lowest BCUT2D eigenvalue weighted by atomic mass is 10.1. The van der Waals surface area contributed by atoms with Gasteiger partial charge in [0.15, 0.2) is 11.5 Å². The van der Waals surface area contributed by atoms with Crippen LogP contribution in [0.3, 0.4) is 0 Å². The number of aromatic nitrogens is 4. The molecule has 2 aromatic carbocycles. The first kappa shape index (κ1) is 18.4. The van der Waals surface area contributed by atoms with E-state index in [4.69, 9.17) is 14.6 Å². The second kappa shape index (κ2) is 8.04. The molecule has 0 amide bonds. The number of para-hydroxylation sites is 1. The first-order chi connectivity index (χ1) is 14.8. The van der Waals surface area contributed by atoms with E-state index in [-0.39, 0.29) is 6.79 Å². The molecule has 7 nitrogen and oxygen atoms in total. The molecule has 0 bridgehead atoms. The highest BCUT2D eigenvalue weighted by molar-refractivity contribution is 5.67. The van der Waals surface area contributed by atoms with Gasteiger partial charge in [0.1, 0.15) is 5.82 Å². The van der Waals surface area contributed by atoms with Gasteiger partial charge in [-0.15, -0.1) is 0 Å². The Hall–Kier alpha value is -3.58. The van der Waals surface area contributed by atoms with Gasteiger partial charge in [0.2, 0.25) is 6.79 Å². The highest BCUT2D eigenvalue weighted by Crippen LogP contribution is 2.36. The zero-order valence-electron chi connectivity index (χ0n) is 16.8. The van der Waals surface area contributed by atoms with E-state index in [0.29, 0.717) is 6.54 Å². The van der Waals surface area contributed by atoms with Crippen LogP contribution in [0.1, 0.15) is 17.1 Å². The molecule has 152 valence electrons. The van der Waals surface area contributed by atoms with Crippen molar-refractivity contribution in [1.82, 2.24) is 25.1 Å². The minimum Gasteiger partial charge on any atom is -0.454 e. The SMILES string of the molecule is Cc1cnc(CCNCc2cn(-c3ccccc3)nc2-c2ccc3c(c2)OCO3)[nH]1. The monoisotopic (exact) mass is 401 g/mol. The van der Waals surface area contributed by atoms with Crippen molar-refractivity contribution in [2.75, 3.05) is 13.3 Å². The first-order valence-electron chi connectivity index (χ1n) is 10.0. The van der Waals surface area contributed by atoms with Gasteiger partial charge in [-0.3, -0.25) is 0 Å². The third-order valence-corrected chi connectivity index (χ3v) is 5.07. The van der Waals surface area contributed by atoms with Gasteiger partial charge >= 0.3 is 0 Å². The van der Waals surface area contributed by atoms with E-state index in [0.717, 1.165) is 58.5 Å². The molecular weight excluding hydrogens is 378 g/mol. The Morgan fingerprint density at radius 2 is 1.97 bits per heavy atom. The largest absolute Gasteiger partial charge is 0.454 e. The van der Waals surface area contributed by atoms with Gasteiger partial charge in [-0.2, -0.15) is 5.10 Å². The van der Waals surface area contributed by atoms with Crippen LogP contribution >= 0.6 is 0 Å². The molecule has 0 fully saturated rings. The normalized spacial score (nSPS) is 12.4. The number of imidazole rings is 1. The number of fused-ring (bicyclic) bond motifs is 1. The van der Waals surface area contributed by atoms with Crippen molar-refractivity contribution in [3.63, 3.8) is 0 Å². The second-order valence-corrected chi connectivity index (χ2v) is 7.29. The number of rotatable bonds is 7. The molecular formula is C23H23N5O2. The van der Waals surface area contributed by atoms with Crippen molar-refractivity contribution in [2.45, 2.75) is 19.9 Å². The number of nitrogens with one attached hydrogen (secondary N) is 2. The second-order valence-electron chi connectivity index (χ2n) is 7.29. The lowest BCUT2D eigenvalue weighted by Gasteiger charge is -2.05. The molecule has 0 spiro atoms. The quantitative estimate of drug-likeness (QED) is 0.463. The van der Waals surface area contributed by atoms with E-state index >= 15 is 0 Å². The van der Waals surface area contributed by atoms with E-state index in [9.17, 15) is 0 Å². The maximum atomic E-state index is 5.56. The molecule has 5 rings (SSSR count). The van der Waals surface area contributed by atoms with Crippen LogP contribution in [0.15, 0.2) is 60.9 Å². The molecule has 30 heavy (non-hydrogen) atoms. The molecule has 2 N–H and O–H groups in total. The molecule has 2 aromatic heterocycles. The van der Waals surface area contributed by atoms with Gasteiger partial charge in [0, 0.05) is 48.7 Å². The summed E-state index contributed by atoms with van der Waals surface area (Å²) in [5.74, 6) is 2.53. The highest BCUT2D eigenvalue weighted by atomic mass is 16.7. The van der Waals surface area contributed by atoms with Crippen LogP contribution in [0.4, 0.5) is 0 Å². The van der Waals surface area contributed by atoms with Gasteiger partial charge in [0.05, 0.1) is 11.4 Å². The van der Waals surface area contributed by atoms with E-state index in [1.54, 1.807) is 0 Å². The predicted octanol–water partition coefficient (Wildman–Crippen LogP) is 3.63. The Balaban J connectivity index is 1.39. The average molecular weight is 401 g/mol. The lowest BCUT2D eigenvalue weighted by molar-refractivity contribution is 0.174. The van der Waals surface area contributed by atoms with Crippen molar-refractivity contribution >= 4 is 0 Å². The molecule has 7 heteroatoms. The lowest BCUT2D eigenvalue weighted by Crippen LogP contribution is -2.17. The molecule has 0 aliphatic carbocycles. The molecule has 0 atom stereocenters. The number of hydrogen-bond donors (Lipinski definition) is 2. The van der Waals surface area contributed by atoms with Crippen LogP contribution in [0.2, 0.25) is 0 Å². The topological polar surface area (TPSA) is 77.0 Å². The van der Waals surface area contributed by atoms with Crippen molar-refractivity contribution in [3.05, 3.63) is 78.0 Å². The first-order valence-corrected chi connectivity index (χ1v) is 10.0. The predicted molar refractivity (Wildman–Crippen MR) is 114 cm³/mol. The summed E-state index contributed by atoms with van der Waals surface area (Å²) in [6.07, 6.45) is 4.79. The molecule has 1 aliphatic rings. The van der Waals surface area contributed by atoms with Crippen molar-refractivity contribution in [1.29, 1.82) is 0 Å². The number of ether oxygens (including phenoxy) is 2. The summed E-state index contributed by atoms with van der Waals surface area (Å²) in [6.45, 7) is 3.80. The summed E-state index contributed by atoms with van der Waals surface area (Å²) in [4.78, 5) is 7.63. The van der Waals surface area contributed by atoms with Gasteiger partial charge < -0.3 is 19.8 Å². The van der Waals surface area contributed by atoms with Gasteiger partial charge in [-0.1, -0.05) is 18.2 Å². The molecule has 4 aromatic rings. The van der Waals surface area contributed by atoms with Crippen LogP contribution in [-0.2, 0) is 13.0 Å². The summed E-state index contributed by atoms with van der Waals surface area (Å²) in [5, 5.41) is 8.40. The van der Waals surface area contributed by atoms with Crippen molar-refractivity contribution in [2.24, 2.45) is 0 Å². The molecule has 1 aliphatic heterocycles. The van der Waals surface area contributed by atoms with Crippen LogP contribution in [0.25, 0.3) is 16.9 Å². The molecule has 0 saturated carbocycles. The smallest absolute Gasteiger partial charge is 0.231 e. The molecule has 3 heterocycles. The van der Waals surface area contributed by atoms with Crippen molar-refractivity contribution in [3.8, 4) is 28.4 Å². The summed E-state index contributed by atoms with van der Waals surface area (Å²) in [5.41, 5.74) is 5.16. The fourth-order valence-electron chi connectivity index (χ4n) is 3.56. The fraction of sp³-hybridized carbons (Fsp3) is 0.217. The number of aryl methyl sites for hydroxylation is 1. The molecule has 0 radical (unpaired) electrons. The third kappa shape index (κ3) is 3.79. The van der Waals surface area contributed by atoms with Crippen LogP contribution in [0, 0.1) is 6.92 Å². The van der Waals surface area contributed by atoms with E-state index < -0.39 is 0 Å². The maximum Gasteiger partial charge on any atom is 0.231 e. The van der Waals surface area contributed by atoms with Crippen LogP contribution in [0.5, 0.6) is 11.5 Å². The summed E-state index contributed by atoms with van der Waals surface area (Å²) in [6, 6.07) is 16.1. The Labute approximate surface area is 174 Å².